The summed E-state index contributed by atoms with van der Waals surface area (Å²) in [7, 11) is 3.00. The molecule has 0 saturated heterocycles. The van der Waals surface area contributed by atoms with Gasteiger partial charge in [-0.05, 0) is 43.2 Å². The maximum absolute atomic E-state index is 14.2. The zero-order chi connectivity index (χ0) is 33.5. The molecule has 0 amide bonds. The van der Waals surface area contributed by atoms with Crippen LogP contribution in [0.5, 0.6) is 17.2 Å². The van der Waals surface area contributed by atoms with Crippen molar-refractivity contribution in [3.05, 3.63) is 124 Å². The van der Waals surface area contributed by atoms with E-state index in [4.69, 9.17) is 23.7 Å². The maximum atomic E-state index is 14.2. The molecular weight excluding hydrogens is 626 g/mol. The van der Waals surface area contributed by atoms with Crippen LogP contribution >= 0.6 is 11.3 Å². The van der Waals surface area contributed by atoms with E-state index < -0.39 is 22.5 Å². The third kappa shape index (κ3) is 7.11. The molecule has 4 aromatic rings. The molecule has 3 aromatic carbocycles. The number of nitro benzene ring substituents is 1. The van der Waals surface area contributed by atoms with E-state index in [0.29, 0.717) is 39.7 Å². The molecule has 0 saturated carbocycles. The number of para-hydroxylation sites is 1. The van der Waals surface area contributed by atoms with Gasteiger partial charge in [0, 0.05) is 18.7 Å². The van der Waals surface area contributed by atoms with Crippen LogP contribution in [0.2, 0.25) is 0 Å². The summed E-state index contributed by atoms with van der Waals surface area (Å²) in [6, 6.07) is 18.1. The number of nitro groups is 1. The van der Waals surface area contributed by atoms with Crippen LogP contribution < -0.4 is 29.1 Å². The molecule has 1 aliphatic rings. The molecule has 0 N–H and O–H groups in total. The summed E-state index contributed by atoms with van der Waals surface area (Å²) in [6.07, 6.45) is 1.56. The van der Waals surface area contributed by atoms with E-state index in [-0.39, 0.29) is 41.4 Å². The Bertz CT molecular complexity index is 2000. The van der Waals surface area contributed by atoms with Gasteiger partial charge >= 0.3 is 11.7 Å². The van der Waals surface area contributed by atoms with E-state index in [9.17, 15) is 19.7 Å². The number of allylic oxidation sites excluding steroid dienone is 1. The predicted molar refractivity (Wildman–Crippen MR) is 175 cm³/mol. The van der Waals surface area contributed by atoms with Gasteiger partial charge in [-0.3, -0.25) is 19.5 Å². The number of carbonyl (C=O) groups is 1. The molecule has 0 unspecified atom stereocenters. The molecule has 0 radical (unpaired) electrons. The standard InChI is InChI=1S/C34H33N3O9S/c1-5-44-31-24(12-9-13-27(31)43-4)30-29(33(39)45-17-16-42-3)21(2)35-34-36(30)32(38)28(47-34)19-23-14-15-26(25(18-23)37(40)41)46-20-22-10-7-6-8-11-22/h6-15,18-19,30H,5,16-17,20H2,1-4H3/b28-19+/t30-/m0/s1. The summed E-state index contributed by atoms with van der Waals surface area (Å²) in [5, 5.41) is 12.0. The minimum atomic E-state index is -0.969. The van der Waals surface area contributed by atoms with Crippen LogP contribution in [0.15, 0.2) is 87.8 Å². The van der Waals surface area contributed by atoms with Crippen LogP contribution in [-0.2, 0) is 20.9 Å². The molecule has 244 valence electrons. The number of esters is 1. The predicted octanol–water partition coefficient (Wildman–Crippen LogP) is 4.32. The zero-order valence-corrected chi connectivity index (χ0v) is 27.1. The molecule has 5 rings (SSSR count). The summed E-state index contributed by atoms with van der Waals surface area (Å²) in [5.74, 6) is 0.242. The number of rotatable bonds is 13. The van der Waals surface area contributed by atoms with Crippen molar-refractivity contribution in [2.75, 3.05) is 34.0 Å². The fourth-order valence-corrected chi connectivity index (χ4v) is 6.20. The molecule has 1 aromatic heterocycles. The fourth-order valence-electron chi connectivity index (χ4n) is 5.16. The second-order valence-corrected chi connectivity index (χ2v) is 11.3. The average Bonchev–Trinajstić information content (AvgIpc) is 3.37. The first kappa shape index (κ1) is 33.1. The van der Waals surface area contributed by atoms with E-state index >= 15 is 0 Å². The van der Waals surface area contributed by atoms with Crippen molar-refractivity contribution >= 4 is 29.1 Å². The number of methoxy groups -OCH3 is 2. The Morgan fingerprint density at radius 3 is 2.53 bits per heavy atom. The van der Waals surface area contributed by atoms with Crippen molar-refractivity contribution in [1.29, 1.82) is 0 Å². The molecular formula is C34H33N3O9S. The molecule has 0 bridgehead atoms. The molecule has 0 aliphatic carbocycles. The van der Waals surface area contributed by atoms with E-state index in [1.807, 2.05) is 37.3 Å². The summed E-state index contributed by atoms with van der Waals surface area (Å²) in [6.45, 7) is 4.14. The zero-order valence-electron chi connectivity index (χ0n) is 26.3. The van der Waals surface area contributed by atoms with Gasteiger partial charge in [-0.1, -0.05) is 59.9 Å². The highest BCUT2D eigenvalue weighted by Gasteiger charge is 2.36. The van der Waals surface area contributed by atoms with Crippen LogP contribution in [0.4, 0.5) is 5.69 Å². The lowest BCUT2D eigenvalue weighted by molar-refractivity contribution is -0.386. The summed E-state index contributed by atoms with van der Waals surface area (Å²) < 4.78 is 29.5. The molecule has 2 heterocycles. The number of fused-ring (bicyclic) bond motifs is 1. The Labute approximate surface area is 273 Å². The number of nitrogens with zero attached hydrogens (tertiary/aromatic N) is 3. The van der Waals surface area contributed by atoms with E-state index in [0.717, 1.165) is 16.9 Å². The lowest BCUT2D eigenvalue weighted by Crippen LogP contribution is -2.40. The Kier molecular flexibility index (Phi) is 10.5. The van der Waals surface area contributed by atoms with Crippen molar-refractivity contribution in [3.63, 3.8) is 0 Å². The molecule has 47 heavy (non-hydrogen) atoms. The largest absolute Gasteiger partial charge is 0.493 e. The summed E-state index contributed by atoms with van der Waals surface area (Å²) >= 11 is 1.10. The monoisotopic (exact) mass is 659 g/mol. The second-order valence-electron chi connectivity index (χ2n) is 10.3. The lowest BCUT2D eigenvalue weighted by atomic mass is 9.94. The first-order valence-corrected chi connectivity index (χ1v) is 15.5. The number of benzene rings is 3. The Morgan fingerprint density at radius 2 is 1.83 bits per heavy atom. The topological polar surface area (TPSA) is 141 Å². The Morgan fingerprint density at radius 1 is 1.04 bits per heavy atom. The van der Waals surface area contributed by atoms with Crippen molar-refractivity contribution in [2.24, 2.45) is 4.99 Å². The summed E-state index contributed by atoms with van der Waals surface area (Å²) in [5.41, 5.74) is 1.61. The van der Waals surface area contributed by atoms with Crippen LogP contribution in [-0.4, -0.2) is 49.5 Å². The number of aromatic nitrogens is 1. The highest BCUT2D eigenvalue weighted by molar-refractivity contribution is 7.07. The Balaban J connectivity index is 1.62. The molecule has 13 heteroatoms. The molecule has 12 nitrogen and oxygen atoms in total. The normalized spacial score (nSPS) is 14.3. The maximum Gasteiger partial charge on any atom is 0.338 e. The van der Waals surface area contributed by atoms with Gasteiger partial charge in [0.25, 0.3) is 5.56 Å². The van der Waals surface area contributed by atoms with Gasteiger partial charge in [0.2, 0.25) is 0 Å². The van der Waals surface area contributed by atoms with Crippen molar-refractivity contribution in [1.82, 2.24) is 4.57 Å². The Hall–Kier alpha value is -5.27. The van der Waals surface area contributed by atoms with E-state index in [2.05, 4.69) is 4.99 Å². The van der Waals surface area contributed by atoms with Gasteiger partial charge in [-0.25, -0.2) is 9.79 Å². The third-order valence-electron chi connectivity index (χ3n) is 7.29. The first-order valence-electron chi connectivity index (χ1n) is 14.7. The average molecular weight is 660 g/mol. The number of carbonyl (C=O) groups excluding carboxylic acids is 1. The highest BCUT2D eigenvalue weighted by Crippen LogP contribution is 2.41. The number of hydrogen-bond donors (Lipinski definition) is 0. The van der Waals surface area contributed by atoms with Crippen molar-refractivity contribution in [3.8, 4) is 17.2 Å². The van der Waals surface area contributed by atoms with Gasteiger partial charge in [0.1, 0.15) is 19.3 Å². The third-order valence-corrected chi connectivity index (χ3v) is 8.27. The van der Waals surface area contributed by atoms with Gasteiger partial charge < -0.3 is 23.7 Å². The number of hydrogen-bond acceptors (Lipinski definition) is 11. The van der Waals surface area contributed by atoms with Crippen molar-refractivity contribution in [2.45, 2.75) is 26.5 Å². The van der Waals surface area contributed by atoms with Gasteiger partial charge in [-0.15, -0.1) is 0 Å². The van der Waals surface area contributed by atoms with E-state index in [1.54, 1.807) is 37.3 Å². The highest BCUT2D eigenvalue weighted by atomic mass is 32.1. The SMILES string of the molecule is CCOc1c(OC)cccc1[C@H]1C(C(=O)OCCOC)=C(C)N=c2s/c(=C/c3ccc(OCc4ccccc4)c([N+](=O)[O-])c3)c(=O)n21. The molecule has 1 aliphatic heterocycles. The minimum absolute atomic E-state index is 0.00349. The van der Waals surface area contributed by atoms with Gasteiger partial charge in [0.15, 0.2) is 22.0 Å². The van der Waals surface area contributed by atoms with Crippen LogP contribution in [0, 0.1) is 10.1 Å². The number of thiazole rings is 1. The summed E-state index contributed by atoms with van der Waals surface area (Å²) in [4.78, 5) is 44.1. The molecule has 1 atom stereocenters. The molecule has 0 spiro atoms. The lowest BCUT2D eigenvalue weighted by Gasteiger charge is -2.27. The minimum Gasteiger partial charge on any atom is -0.493 e. The number of ether oxygens (including phenoxy) is 5. The smallest absolute Gasteiger partial charge is 0.338 e. The van der Waals surface area contributed by atoms with Gasteiger partial charge in [-0.2, -0.15) is 0 Å². The van der Waals surface area contributed by atoms with Crippen molar-refractivity contribution < 1.29 is 33.4 Å². The van der Waals surface area contributed by atoms with Crippen LogP contribution in [0.3, 0.4) is 0 Å². The van der Waals surface area contributed by atoms with Gasteiger partial charge in [0.05, 0.1) is 41.0 Å². The van der Waals surface area contributed by atoms with Crippen LogP contribution in [0.25, 0.3) is 6.08 Å². The van der Waals surface area contributed by atoms with Crippen LogP contribution in [0.1, 0.15) is 36.6 Å². The quantitative estimate of drug-likeness (QED) is 0.0888. The fraction of sp³-hybridized carbons (Fsp3) is 0.265. The second kappa shape index (κ2) is 14.9. The first-order chi connectivity index (χ1) is 22.8. The van der Waals surface area contributed by atoms with E-state index in [1.165, 1.54) is 30.9 Å². The molecule has 0 fully saturated rings.